The first-order valence-electron chi connectivity index (χ1n) is 7.69. The highest BCUT2D eigenvalue weighted by Gasteiger charge is 2.23. The van der Waals surface area contributed by atoms with Gasteiger partial charge in [-0.1, -0.05) is 6.07 Å². The molecule has 1 aliphatic heterocycles. The number of carbonyl (C=O) groups excluding carboxylic acids is 1. The number of rotatable bonds is 5. The third-order valence-electron chi connectivity index (χ3n) is 4.09. The summed E-state index contributed by atoms with van der Waals surface area (Å²) in [6.45, 7) is 8.61. The van der Waals surface area contributed by atoms with Gasteiger partial charge in [-0.3, -0.25) is 14.7 Å². The molecule has 1 fully saturated rings. The van der Waals surface area contributed by atoms with Crippen molar-refractivity contribution in [1.82, 2.24) is 20.1 Å². The van der Waals surface area contributed by atoms with E-state index in [1.54, 1.807) is 0 Å². The molecule has 0 aliphatic carbocycles. The average molecular weight is 290 g/mol. The van der Waals surface area contributed by atoms with Gasteiger partial charge in [-0.2, -0.15) is 0 Å². The molecule has 0 bridgehead atoms. The lowest BCUT2D eigenvalue weighted by atomic mass is 10.2. The number of aromatic nitrogens is 1. The summed E-state index contributed by atoms with van der Waals surface area (Å²) in [6, 6.07) is 5.94. The summed E-state index contributed by atoms with van der Waals surface area (Å²) in [4.78, 5) is 21.2. The normalized spacial score (nSPS) is 18.4. The zero-order valence-corrected chi connectivity index (χ0v) is 13.3. The van der Waals surface area contributed by atoms with E-state index in [-0.39, 0.29) is 11.9 Å². The minimum Gasteiger partial charge on any atom is -0.354 e. The zero-order valence-electron chi connectivity index (χ0n) is 13.3. The smallest absolute Gasteiger partial charge is 0.237 e. The molecular formula is C16H26N4O. The fourth-order valence-corrected chi connectivity index (χ4v) is 2.58. The number of hydrogen-bond acceptors (Lipinski definition) is 4. The van der Waals surface area contributed by atoms with Crippen LogP contribution in [0.5, 0.6) is 0 Å². The Labute approximate surface area is 127 Å². The van der Waals surface area contributed by atoms with Gasteiger partial charge in [0.25, 0.3) is 0 Å². The van der Waals surface area contributed by atoms with Crippen LogP contribution < -0.4 is 5.32 Å². The van der Waals surface area contributed by atoms with Crippen molar-refractivity contribution in [3.05, 3.63) is 29.6 Å². The SMILES string of the molecule is Cc1cccc(CCNC(=O)[C@H](C)N2CCN(C)CC2)n1. The van der Waals surface area contributed by atoms with Crippen molar-refractivity contribution in [2.75, 3.05) is 39.8 Å². The van der Waals surface area contributed by atoms with Gasteiger partial charge in [0.15, 0.2) is 0 Å². The predicted octanol–water partition coefficient (Wildman–Crippen LogP) is 0.685. The Morgan fingerprint density at radius 2 is 2.05 bits per heavy atom. The van der Waals surface area contributed by atoms with E-state index >= 15 is 0 Å². The second kappa shape index (κ2) is 7.52. The minimum atomic E-state index is -0.0517. The summed E-state index contributed by atoms with van der Waals surface area (Å²) in [5.41, 5.74) is 2.05. The van der Waals surface area contributed by atoms with Crippen molar-refractivity contribution in [1.29, 1.82) is 0 Å². The van der Waals surface area contributed by atoms with Crippen LogP contribution in [0.25, 0.3) is 0 Å². The molecule has 5 nitrogen and oxygen atoms in total. The Hall–Kier alpha value is -1.46. The Morgan fingerprint density at radius 3 is 2.71 bits per heavy atom. The molecule has 0 spiro atoms. The Bertz CT molecular complexity index is 469. The van der Waals surface area contributed by atoms with Crippen LogP contribution in [0.15, 0.2) is 18.2 Å². The molecule has 0 unspecified atom stereocenters. The number of likely N-dealkylation sites (N-methyl/N-ethyl adjacent to an activating group) is 1. The zero-order chi connectivity index (χ0) is 15.2. The van der Waals surface area contributed by atoms with Crippen molar-refractivity contribution in [3.8, 4) is 0 Å². The Kier molecular flexibility index (Phi) is 5.70. The van der Waals surface area contributed by atoms with Crippen LogP contribution >= 0.6 is 0 Å². The second-order valence-electron chi connectivity index (χ2n) is 5.83. The molecule has 1 saturated heterocycles. The summed E-state index contributed by atoms with van der Waals surface area (Å²) in [7, 11) is 2.12. The van der Waals surface area contributed by atoms with Crippen LogP contribution in [0.4, 0.5) is 0 Å². The highest BCUT2D eigenvalue weighted by Crippen LogP contribution is 2.05. The van der Waals surface area contributed by atoms with Gasteiger partial charge in [0.05, 0.1) is 6.04 Å². The van der Waals surface area contributed by atoms with Crippen molar-refractivity contribution >= 4 is 5.91 Å². The van der Waals surface area contributed by atoms with Crippen molar-refractivity contribution < 1.29 is 4.79 Å². The summed E-state index contributed by atoms with van der Waals surface area (Å²) in [5.74, 6) is 0.118. The van der Waals surface area contributed by atoms with E-state index in [9.17, 15) is 4.79 Å². The lowest BCUT2D eigenvalue weighted by molar-refractivity contribution is -0.126. The molecule has 1 aromatic heterocycles. The fraction of sp³-hybridized carbons (Fsp3) is 0.625. The molecule has 1 aromatic rings. The molecule has 1 amide bonds. The number of nitrogens with zero attached hydrogens (tertiary/aromatic N) is 3. The van der Waals surface area contributed by atoms with Gasteiger partial charge in [0, 0.05) is 50.5 Å². The third-order valence-corrected chi connectivity index (χ3v) is 4.09. The van der Waals surface area contributed by atoms with E-state index in [1.807, 2.05) is 32.0 Å². The van der Waals surface area contributed by atoms with E-state index in [2.05, 4.69) is 27.1 Å². The average Bonchev–Trinajstić information content (AvgIpc) is 2.47. The number of nitrogens with one attached hydrogen (secondary N) is 1. The topological polar surface area (TPSA) is 48.5 Å². The lowest BCUT2D eigenvalue weighted by Crippen LogP contribution is -2.53. The van der Waals surface area contributed by atoms with Gasteiger partial charge in [0.1, 0.15) is 0 Å². The Morgan fingerprint density at radius 1 is 1.33 bits per heavy atom. The summed E-state index contributed by atoms with van der Waals surface area (Å²) >= 11 is 0. The van der Waals surface area contributed by atoms with Gasteiger partial charge < -0.3 is 10.2 Å². The number of amides is 1. The van der Waals surface area contributed by atoms with E-state index < -0.39 is 0 Å². The second-order valence-corrected chi connectivity index (χ2v) is 5.83. The minimum absolute atomic E-state index is 0.0517. The molecule has 1 N–H and O–H groups in total. The van der Waals surface area contributed by atoms with Crippen LogP contribution in [0.1, 0.15) is 18.3 Å². The third kappa shape index (κ3) is 4.79. The molecule has 2 heterocycles. The molecule has 0 saturated carbocycles. The highest BCUT2D eigenvalue weighted by atomic mass is 16.2. The first kappa shape index (κ1) is 15.9. The predicted molar refractivity (Wildman–Crippen MR) is 84.2 cm³/mol. The molecule has 2 rings (SSSR count). The first-order chi connectivity index (χ1) is 10.1. The number of piperazine rings is 1. The molecule has 0 radical (unpaired) electrons. The van der Waals surface area contributed by atoms with Gasteiger partial charge in [0.2, 0.25) is 5.91 Å². The Balaban J connectivity index is 1.74. The van der Waals surface area contributed by atoms with Crippen LogP contribution in [0.3, 0.4) is 0 Å². The molecule has 1 atom stereocenters. The van der Waals surface area contributed by atoms with Crippen molar-refractivity contribution in [2.24, 2.45) is 0 Å². The largest absolute Gasteiger partial charge is 0.354 e. The number of hydrogen-bond donors (Lipinski definition) is 1. The van der Waals surface area contributed by atoms with E-state index in [0.29, 0.717) is 6.54 Å². The summed E-state index contributed by atoms with van der Waals surface area (Å²) in [6.07, 6.45) is 0.781. The van der Waals surface area contributed by atoms with Gasteiger partial charge in [-0.05, 0) is 33.0 Å². The monoisotopic (exact) mass is 290 g/mol. The van der Waals surface area contributed by atoms with E-state index in [4.69, 9.17) is 0 Å². The quantitative estimate of drug-likeness (QED) is 0.866. The first-order valence-corrected chi connectivity index (χ1v) is 7.69. The van der Waals surface area contributed by atoms with Crippen LogP contribution in [0, 0.1) is 6.92 Å². The van der Waals surface area contributed by atoms with E-state index in [0.717, 1.165) is 44.0 Å². The maximum atomic E-state index is 12.2. The van der Waals surface area contributed by atoms with Gasteiger partial charge in [-0.15, -0.1) is 0 Å². The maximum absolute atomic E-state index is 12.2. The molecule has 1 aliphatic rings. The number of aryl methyl sites for hydroxylation is 1. The molecular weight excluding hydrogens is 264 g/mol. The summed E-state index contributed by atoms with van der Waals surface area (Å²) < 4.78 is 0. The highest BCUT2D eigenvalue weighted by molar-refractivity contribution is 5.81. The van der Waals surface area contributed by atoms with Gasteiger partial charge >= 0.3 is 0 Å². The fourth-order valence-electron chi connectivity index (χ4n) is 2.58. The molecule has 116 valence electrons. The standard InChI is InChI=1S/C16H26N4O/c1-13-5-4-6-15(18-13)7-8-17-16(21)14(2)20-11-9-19(3)10-12-20/h4-6,14H,7-12H2,1-3H3,(H,17,21)/t14-/m0/s1. The number of pyridine rings is 1. The number of carbonyl (C=O) groups is 1. The van der Waals surface area contributed by atoms with Crippen LogP contribution in [-0.4, -0.2) is 66.5 Å². The van der Waals surface area contributed by atoms with Crippen LogP contribution in [-0.2, 0) is 11.2 Å². The van der Waals surface area contributed by atoms with Crippen molar-refractivity contribution in [2.45, 2.75) is 26.3 Å². The molecule has 0 aromatic carbocycles. The summed E-state index contributed by atoms with van der Waals surface area (Å²) in [5, 5.41) is 3.02. The molecule has 5 heteroatoms. The maximum Gasteiger partial charge on any atom is 0.237 e. The van der Waals surface area contributed by atoms with E-state index in [1.165, 1.54) is 0 Å². The van der Waals surface area contributed by atoms with Gasteiger partial charge in [-0.25, -0.2) is 0 Å². The van der Waals surface area contributed by atoms with Crippen LogP contribution in [0.2, 0.25) is 0 Å². The van der Waals surface area contributed by atoms with Crippen molar-refractivity contribution in [3.63, 3.8) is 0 Å². The molecule has 21 heavy (non-hydrogen) atoms. The lowest BCUT2D eigenvalue weighted by Gasteiger charge is -2.35.